The molecule has 0 aliphatic carbocycles. The SMILES string of the molecule is CC(C)(C)P1C(C)(C)CC(C2OCCO2)CC1(C)C. The molecule has 2 aliphatic rings. The summed E-state index contributed by atoms with van der Waals surface area (Å²) in [5.41, 5.74) is 0. The van der Waals surface area contributed by atoms with Crippen LogP contribution in [0.1, 0.15) is 61.3 Å². The third-order valence-electron chi connectivity index (χ3n) is 4.44. The molecule has 0 N–H and O–H groups in total. The Bertz CT molecular complexity index is 306. The van der Waals surface area contributed by atoms with Crippen molar-refractivity contribution in [2.45, 2.75) is 83.1 Å². The first-order valence-electron chi connectivity index (χ1n) is 7.58. The van der Waals surface area contributed by atoms with Crippen molar-refractivity contribution in [3.63, 3.8) is 0 Å². The summed E-state index contributed by atoms with van der Waals surface area (Å²) in [5.74, 6) is 0.564. The van der Waals surface area contributed by atoms with Gasteiger partial charge >= 0.3 is 0 Å². The van der Waals surface area contributed by atoms with E-state index in [0.717, 1.165) is 13.2 Å². The van der Waals surface area contributed by atoms with Crippen LogP contribution in [0.15, 0.2) is 0 Å². The second kappa shape index (κ2) is 4.97. The molecule has 19 heavy (non-hydrogen) atoms. The average molecular weight is 286 g/mol. The lowest BCUT2D eigenvalue weighted by molar-refractivity contribution is -0.0933. The minimum Gasteiger partial charge on any atom is -0.350 e. The van der Waals surface area contributed by atoms with E-state index in [0.29, 0.717) is 21.4 Å². The van der Waals surface area contributed by atoms with Gasteiger partial charge < -0.3 is 9.47 Å². The molecule has 0 amide bonds. The van der Waals surface area contributed by atoms with Crippen LogP contribution in [0, 0.1) is 5.92 Å². The lowest BCUT2D eigenvalue weighted by Gasteiger charge is -2.58. The van der Waals surface area contributed by atoms with Crippen LogP contribution in [0.25, 0.3) is 0 Å². The predicted octanol–water partition coefficient (Wildman–Crippen LogP) is 4.61. The van der Waals surface area contributed by atoms with E-state index in [-0.39, 0.29) is 14.2 Å². The molecule has 0 unspecified atom stereocenters. The standard InChI is InChI=1S/C16H31O2P/c1-14(2,3)19-15(4,5)10-12(11-16(19,6)7)13-17-8-9-18-13/h12-13H,8-11H2,1-7H3. The van der Waals surface area contributed by atoms with Gasteiger partial charge in [0, 0.05) is 5.92 Å². The molecule has 2 fully saturated rings. The number of hydrogen-bond acceptors (Lipinski definition) is 2. The highest BCUT2D eigenvalue weighted by molar-refractivity contribution is 7.62. The average Bonchev–Trinajstić information content (AvgIpc) is 2.61. The van der Waals surface area contributed by atoms with Crippen molar-refractivity contribution < 1.29 is 9.47 Å². The van der Waals surface area contributed by atoms with Crippen molar-refractivity contribution in [1.29, 1.82) is 0 Å². The van der Waals surface area contributed by atoms with Gasteiger partial charge in [-0.15, -0.1) is 0 Å². The van der Waals surface area contributed by atoms with E-state index in [2.05, 4.69) is 48.5 Å². The highest BCUT2D eigenvalue weighted by Crippen LogP contribution is 2.73. The maximum atomic E-state index is 5.78. The van der Waals surface area contributed by atoms with Gasteiger partial charge in [-0.3, -0.25) is 0 Å². The maximum absolute atomic E-state index is 5.78. The summed E-state index contributed by atoms with van der Waals surface area (Å²) in [6.07, 6.45) is 2.53. The molecule has 0 atom stereocenters. The van der Waals surface area contributed by atoms with Crippen LogP contribution in [-0.4, -0.2) is 35.0 Å². The zero-order valence-electron chi connectivity index (χ0n) is 13.7. The van der Waals surface area contributed by atoms with Crippen molar-refractivity contribution in [2.75, 3.05) is 13.2 Å². The lowest BCUT2D eigenvalue weighted by Crippen LogP contribution is -2.47. The zero-order chi connectivity index (χ0) is 14.5. The highest BCUT2D eigenvalue weighted by atomic mass is 31.1. The molecular weight excluding hydrogens is 255 g/mol. The summed E-state index contributed by atoms with van der Waals surface area (Å²) in [6.45, 7) is 18.7. The number of rotatable bonds is 1. The van der Waals surface area contributed by atoms with Gasteiger partial charge in [-0.2, -0.15) is 0 Å². The van der Waals surface area contributed by atoms with Crippen molar-refractivity contribution in [1.82, 2.24) is 0 Å². The Morgan fingerprint density at radius 1 is 0.895 bits per heavy atom. The van der Waals surface area contributed by atoms with Crippen LogP contribution in [0.3, 0.4) is 0 Å². The van der Waals surface area contributed by atoms with Gasteiger partial charge in [0.25, 0.3) is 0 Å². The third-order valence-corrected chi connectivity index (χ3v) is 8.57. The predicted molar refractivity (Wildman–Crippen MR) is 83.2 cm³/mol. The zero-order valence-corrected chi connectivity index (χ0v) is 14.6. The maximum Gasteiger partial charge on any atom is 0.160 e. The summed E-state index contributed by atoms with van der Waals surface area (Å²) in [4.78, 5) is 0. The Balaban J connectivity index is 2.23. The molecule has 0 saturated carbocycles. The van der Waals surface area contributed by atoms with E-state index in [1.165, 1.54) is 12.8 Å². The smallest absolute Gasteiger partial charge is 0.160 e. The summed E-state index contributed by atoms with van der Waals surface area (Å²) in [5, 5.41) is 1.20. The van der Waals surface area contributed by atoms with Gasteiger partial charge in [0.2, 0.25) is 0 Å². The van der Waals surface area contributed by atoms with Crippen molar-refractivity contribution in [3.8, 4) is 0 Å². The first-order chi connectivity index (χ1) is 8.54. The summed E-state index contributed by atoms with van der Waals surface area (Å²) < 4.78 is 11.6. The minimum absolute atomic E-state index is 0.0514. The molecule has 112 valence electrons. The van der Waals surface area contributed by atoms with E-state index in [9.17, 15) is 0 Å². The monoisotopic (exact) mass is 286 g/mol. The molecule has 2 rings (SSSR count). The van der Waals surface area contributed by atoms with E-state index >= 15 is 0 Å². The Labute approximate surface area is 120 Å². The largest absolute Gasteiger partial charge is 0.350 e. The van der Waals surface area contributed by atoms with E-state index in [1.807, 2.05) is 0 Å². The second-order valence-electron chi connectivity index (χ2n) is 8.41. The van der Waals surface area contributed by atoms with Gasteiger partial charge in [-0.05, 0) is 28.3 Å². The molecule has 2 nitrogen and oxygen atoms in total. The van der Waals surface area contributed by atoms with Gasteiger partial charge in [-0.25, -0.2) is 0 Å². The van der Waals surface area contributed by atoms with E-state index in [1.54, 1.807) is 0 Å². The van der Waals surface area contributed by atoms with Gasteiger partial charge in [-0.1, -0.05) is 56.4 Å². The molecule has 3 heteroatoms. The van der Waals surface area contributed by atoms with E-state index in [4.69, 9.17) is 9.47 Å². The Morgan fingerprint density at radius 3 is 1.68 bits per heavy atom. The molecule has 0 aromatic carbocycles. The topological polar surface area (TPSA) is 18.5 Å². The van der Waals surface area contributed by atoms with E-state index < -0.39 is 0 Å². The van der Waals surface area contributed by atoms with Crippen LogP contribution >= 0.6 is 7.92 Å². The highest BCUT2D eigenvalue weighted by Gasteiger charge is 2.53. The molecule has 0 radical (unpaired) electrons. The third kappa shape index (κ3) is 3.17. The van der Waals surface area contributed by atoms with Gasteiger partial charge in [0.1, 0.15) is 0 Å². The fourth-order valence-corrected chi connectivity index (χ4v) is 11.1. The molecule has 0 aromatic heterocycles. The van der Waals surface area contributed by atoms with Crippen LogP contribution in [0.5, 0.6) is 0 Å². The molecule has 0 bridgehead atoms. The molecule has 0 aromatic rings. The summed E-state index contributed by atoms with van der Waals surface area (Å²) >= 11 is 0. The summed E-state index contributed by atoms with van der Waals surface area (Å²) in [6, 6.07) is 0. The van der Waals surface area contributed by atoms with Crippen molar-refractivity contribution in [2.24, 2.45) is 5.92 Å². The van der Waals surface area contributed by atoms with Crippen LogP contribution in [-0.2, 0) is 9.47 Å². The Morgan fingerprint density at radius 2 is 1.32 bits per heavy atom. The van der Waals surface area contributed by atoms with Gasteiger partial charge in [0.05, 0.1) is 13.2 Å². The number of hydrogen-bond donors (Lipinski definition) is 0. The first kappa shape index (κ1) is 15.7. The quantitative estimate of drug-likeness (QED) is 0.655. The Kier molecular flexibility index (Phi) is 4.11. The molecule has 2 saturated heterocycles. The van der Waals surface area contributed by atoms with Crippen LogP contribution in [0.4, 0.5) is 0 Å². The van der Waals surface area contributed by atoms with Crippen molar-refractivity contribution in [3.05, 3.63) is 0 Å². The second-order valence-corrected chi connectivity index (χ2v) is 12.8. The molecule has 0 spiro atoms. The molecule has 2 heterocycles. The summed E-state index contributed by atoms with van der Waals surface area (Å²) in [7, 11) is -0.0514. The fraction of sp³-hybridized carbons (Fsp3) is 1.00. The van der Waals surface area contributed by atoms with Crippen LogP contribution < -0.4 is 0 Å². The lowest BCUT2D eigenvalue weighted by atomic mass is 9.86. The number of ether oxygens (including phenoxy) is 2. The van der Waals surface area contributed by atoms with Crippen LogP contribution in [0.2, 0.25) is 0 Å². The normalized spacial score (nSPS) is 35.5. The van der Waals surface area contributed by atoms with Gasteiger partial charge in [0.15, 0.2) is 6.29 Å². The fourth-order valence-electron chi connectivity index (χ4n) is 5.01. The minimum atomic E-state index is -0.0514. The molecule has 2 aliphatic heterocycles. The molecular formula is C16H31O2P. The van der Waals surface area contributed by atoms with Crippen molar-refractivity contribution >= 4 is 7.92 Å². The first-order valence-corrected chi connectivity index (χ1v) is 8.92. The Hall–Kier alpha value is 0.350.